The van der Waals surface area contributed by atoms with Crippen LogP contribution in [0.5, 0.6) is 0 Å². The zero-order chi connectivity index (χ0) is 7.49. The molecule has 0 aliphatic carbocycles. The number of ether oxygens (including phenoxy) is 1. The van der Waals surface area contributed by atoms with Gasteiger partial charge in [-0.05, 0) is 0 Å². The first kappa shape index (κ1) is 8.56. The van der Waals surface area contributed by atoms with Crippen LogP contribution in [0.25, 0.3) is 0 Å². The fourth-order valence-electron chi connectivity index (χ4n) is 0.215. The summed E-state index contributed by atoms with van der Waals surface area (Å²) >= 11 is 0. The third-order valence-electron chi connectivity index (χ3n) is 0.541. The van der Waals surface area contributed by atoms with Crippen LogP contribution in [0.2, 0.25) is 0 Å². The number of carbonyl (C=O) groups excluding carboxylic acids is 1. The predicted octanol–water partition coefficient (Wildman–Crippen LogP) is 1.29. The molecule has 0 aliphatic rings. The van der Waals surface area contributed by atoms with Crippen molar-refractivity contribution in [2.75, 3.05) is 13.3 Å². The average Bonchev–Trinajstić information content (AvgIpc) is 1.62. The highest BCUT2D eigenvalue weighted by Gasteiger charge is 2.24. The van der Waals surface area contributed by atoms with Crippen molar-refractivity contribution >= 4 is 13.7 Å². The van der Waals surface area contributed by atoms with Crippen molar-refractivity contribution in [1.29, 1.82) is 0 Å². The van der Waals surface area contributed by atoms with Gasteiger partial charge in [0.25, 0.3) is 0 Å². The maximum atomic E-state index is 11.4. The van der Waals surface area contributed by atoms with Crippen molar-refractivity contribution in [2.45, 2.75) is 0 Å². The first-order valence-electron chi connectivity index (χ1n) is 2.01. The van der Waals surface area contributed by atoms with Crippen molar-refractivity contribution in [3.63, 3.8) is 0 Å². The molecule has 0 saturated heterocycles. The lowest BCUT2D eigenvalue weighted by atomic mass is 10.8. The van der Waals surface area contributed by atoms with Gasteiger partial charge in [-0.1, -0.05) is 0 Å². The lowest BCUT2D eigenvalue weighted by molar-refractivity contribution is -0.137. The van der Waals surface area contributed by atoms with Crippen molar-refractivity contribution in [3.05, 3.63) is 0 Å². The van der Waals surface area contributed by atoms with E-state index in [1.807, 2.05) is 0 Å². The Kier molecular flexibility index (Phi) is 2.77. The van der Waals surface area contributed by atoms with Crippen LogP contribution in [-0.4, -0.2) is 19.2 Å². The molecule has 0 amide bonds. The fourth-order valence-corrected chi connectivity index (χ4v) is 0.645. The smallest absolute Gasteiger partial charge is 0.413 e. The molecular weight excluding hydrogens is 153 g/mol. The monoisotopic (exact) mass is 158 g/mol. The second-order valence-electron chi connectivity index (χ2n) is 1.30. The molecule has 0 aromatic heterocycles. The largest absolute Gasteiger partial charge is 0.469 e. The summed E-state index contributed by atoms with van der Waals surface area (Å²) in [6.45, 7) is 0. The van der Waals surface area contributed by atoms with E-state index in [2.05, 4.69) is 4.74 Å². The van der Waals surface area contributed by atoms with Gasteiger partial charge in [0.15, 0.2) is 6.16 Å². The third-order valence-corrected chi connectivity index (χ3v) is 1.17. The number of methoxy groups -OCH3 is 1. The minimum absolute atomic E-state index is 0.956. The molecule has 0 bridgehead atoms. The number of halogens is 2. The molecule has 54 valence electrons. The fraction of sp³-hybridized carbons (Fsp3) is 0.667. The van der Waals surface area contributed by atoms with E-state index in [4.69, 9.17) is 0 Å². The number of rotatable bonds is 2. The summed E-state index contributed by atoms with van der Waals surface area (Å²) in [4.78, 5) is 9.95. The summed E-state index contributed by atoms with van der Waals surface area (Å²) in [5, 5.41) is 0. The van der Waals surface area contributed by atoms with Gasteiger partial charge in [0.05, 0.1) is 7.11 Å². The summed E-state index contributed by atoms with van der Waals surface area (Å²) in [5.41, 5.74) is 0. The van der Waals surface area contributed by atoms with Gasteiger partial charge in [0, 0.05) is 0 Å². The predicted molar refractivity (Wildman–Crippen MR) is 26.7 cm³/mol. The Bertz CT molecular complexity index is 151. The summed E-state index contributed by atoms with van der Waals surface area (Å²) < 4.78 is 36.2. The van der Waals surface area contributed by atoms with E-state index in [0.717, 1.165) is 7.11 Å². The molecule has 0 saturated carbocycles. The Morgan fingerprint density at radius 3 is 2.22 bits per heavy atom. The van der Waals surface area contributed by atoms with Gasteiger partial charge >= 0.3 is 13.7 Å². The standard InChI is InChI=1S/C3H5F2O3P/c1-8-3(6)2-9(4,5)7/h2H2,1H3. The van der Waals surface area contributed by atoms with E-state index in [1.165, 1.54) is 0 Å². The lowest BCUT2D eigenvalue weighted by Crippen LogP contribution is -2.03. The van der Waals surface area contributed by atoms with Crippen molar-refractivity contribution in [1.82, 2.24) is 0 Å². The van der Waals surface area contributed by atoms with Crippen LogP contribution in [0, 0.1) is 0 Å². The Hall–Kier alpha value is -0.440. The maximum Gasteiger partial charge on any atom is 0.413 e. The van der Waals surface area contributed by atoms with Gasteiger partial charge < -0.3 is 4.74 Å². The maximum absolute atomic E-state index is 11.4. The molecule has 0 radical (unpaired) electrons. The Balaban J connectivity index is 3.75. The Morgan fingerprint density at radius 1 is 1.67 bits per heavy atom. The molecule has 0 aliphatic heterocycles. The molecule has 0 rings (SSSR count). The molecule has 0 atom stereocenters. The number of carbonyl (C=O) groups is 1. The van der Waals surface area contributed by atoms with Crippen molar-refractivity contribution in [3.8, 4) is 0 Å². The van der Waals surface area contributed by atoms with Gasteiger partial charge in [0.2, 0.25) is 0 Å². The lowest BCUT2D eigenvalue weighted by Gasteiger charge is -1.94. The Labute approximate surface area is 50.6 Å². The van der Waals surface area contributed by atoms with E-state index in [0.29, 0.717) is 0 Å². The molecule has 6 heteroatoms. The average molecular weight is 158 g/mol. The van der Waals surface area contributed by atoms with Crippen LogP contribution in [-0.2, 0) is 14.1 Å². The highest BCUT2D eigenvalue weighted by molar-refractivity contribution is 7.53. The van der Waals surface area contributed by atoms with E-state index >= 15 is 0 Å². The Morgan fingerprint density at radius 2 is 2.11 bits per heavy atom. The summed E-state index contributed by atoms with van der Waals surface area (Å²) in [6, 6.07) is 0. The van der Waals surface area contributed by atoms with Gasteiger partial charge in [-0.25, -0.2) is 4.57 Å². The van der Waals surface area contributed by atoms with Crippen molar-refractivity contribution < 1.29 is 22.5 Å². The summed E-state index contributed by atoms with van der Waals surface area (Å²) in [6.07, 6.45) is -1.29. The normalized spacial score (nSPS) is 11.0. The first-order chi connectivity index (χ1) is 3.95. The highest BCUT2D eigenvalue weighted by Crippen LogP contribution is 2.48. The summed E-state index contributed by atoms with van der Waals surface area (Å²) in [7, 11) is -4.26. The number of hydrogen-bond acceptors (Lipinski definition) is 3. The van der Waals surface area contributed by atoms with Crippen LogP contribution in [0.3, 0.4) is 0 Å². The molecule has 0 N–H and O–H groups in total. The SMILES string of the molecule is COC(=O)CP(=O)(F)F. The van der Waals surface area contributed by atoms with Gasteiger partial charge in [-0.15, -0.1) is 0 Å². The zero-order valence-corrected chi connectivity index (χ0v) is 5.53. The van der Waals surface area contributed by atoms with Crippen LogP contribution in [0.1, 0.15) is 0 Å². The number of hydrogen-bond donors (Lipinski definition) is 0. The van der Waals surface area contributed by atoms with Crippen LogP contribution in [0.4, 0.5) is 8.39 Å². The molecule has 0 aromatic rings. The molecule has 0 aromatic carbocycles. The summed E-state index contributed by atoms with van der Waals surface area (Å²) in [5.74, 6) is -1.15. The molecule has 0 heterocycles. The van der Waals surface area contributed by atoms with E-state index in [9.17, 15) is 17.8 Å². The molecule has 0 fully saturated rings. The van der Waals surface area contributed by atoms with Gasteiger partial charge in [0.1, 0.15) is 0 Å². The first-order valence-corrected chi connectivity index (χ1v) is 3.68. The minimum atomic E-state index is -5.21. The molecule has 0 spiro atoms. The second-order valence-corrected chi connectivity index (χ2v) is 2.76. The van der Waals surface area contributed by atoms with E-state index < -0.39 is 19.9 Å². The third kappa shape index (κ3) is 5.43. The van der Waals surface area contributed by atoms with Crippen LogP contribution < -0.4 is 0 Å². The minimum Gasteiger partial charge on any atom is -0.469 e. The molecule has 0 unspecified atom stereocenters. The molecule has 3 nitrogen and oxygen atoms in total. The van der Waals surface area contributed by atoms with Gasteiger partial charge in [-0.2, -0.15) is 8.39 Å². The van der Waals surface area contributed by atoms with Gasteiger partial charge in [-0.3, -0.25) is 4.79 Å². The van der Waals surface area contributed by atoms with Crippen molar-refractivity contribution in [2.24, 2.45) is 0 Å². The zero-order valence-electron chi connectivity index (χ0n) is 4.63. The molecule has 9 heavy (non-hydrogen) atoms. The van der Waals surface area contributed by atoms with Crippen LogP contribution in [0.15, 0.2) is 0 Å². The second kappa shape index (κ2) is 2.92. The van der Waals surface area contributed by atoms with Crippen LogP contribution >= 0.6 is 7.76 Å². The van der Waals surface area contributed by atoms with E-state index in [-0.39, 0.29) is 0 Å². The van der Waals surface area contributed by atoms with E-state index in [1.54, 1.807) is 0 Å². The topological polar surface area (TPSA) is 43.4 Å². The number of esters is 1. The molecular formula is C3H5F2O3P. The highest BCUT2D eigenvalue weighted by atomic mass is 31.2. The quantitative estimate of drug-likeness (QED) is 0.449.